The first-order valence-corrected chi connectivity index (χ1v) is 12.5. The number of pyridine rings is 1. The predicted molar refractivity (Wildman–Crippen MR) is 131 cm³/mol. The molecule has 0 amide bonds. The van der Waals surface area contributed by atoms with E-state index in [-0.39, 0.29) is 22.3 Å². The third-order valence-electron chi connectivity index (χ3n) is 5.63. The van der Waals surface area contributed by atoms with Crippen molar-refractivity contribution in [2.75, 3.05) is 18.2 Å². The number of hydrogen-bond acceptors (Lipinski definition) is 5. The number of rotatable bonds is 1. The number of hydrogen-bond donors (Lipinski definition) is 1. The Hall–Kier alpha value is -3.52. The maximum atomic E-state index is 14.2. The number of anilines is 1. The van der Waals surface area contributed by atoms with E-state index in [0.29, 0.717) is 17.9 Å². The smallest absolute Gasteiger partial charge is 0.166 e. The highest BCUT2D eigenvalue weighted by Gasteiger charge is 2.21. The normalized spacial score (nSPS) is 14.9. The van der Waals surface area contributed by atoms with E-state index >= 15 is 0 Å². The van der Waals surface area contributed by atoms with Crippen LogP contribution in [0.5, 0.6) is 5.75 Å². The van der Waals surface area contributed by atoms with Crippen LogP contribution in [0.4, 0.5) is 15.9 Å². The molecule has 168 valence electrons. The number of nitrogens with two attached hydrogens (primary N) is 1. The molecule has 1 atom stereocenters. The molecule has 4 aromatic rings. The number of benzene rings is 2. The Kier molecular flexibility index (Phi) is 5.46. The molecule has 3 heterocycles. The van der Waals surface area contributed by atoms with Gasteiger partial charge >= 0.3 is 0 Å². The van der Waals surface area contributed by atoms with Crippen LogP contribution in [0.15, 0.2) is 65.4 Å². The molecule has 6 nitrogen and oxygen atoms in total. The van der Waals surface area contributed by atoms with Gasteiger partial charge < -0.3 is 15.0 Å². The van der Waals surface area contributed by atoms with Gasteiger partial charge in [-0.3, -0.25) is 0 Å². The monoisotopic (exact) mass is 461 g/mol. The molecule has 0 spiro atoms. The van der Waals surface area contributed by atoms with Gasteiger partial charge in [0.1, 0.15) is 17.7 Å². The summed E-state index contributed by atoms with van der Waals surface area (Å²) in [5.41, 5.74) is 11.5. The second kappa shape index (κ2) is 8.44. The number of aromatic nitrogens is 3. The van der Waals surface area contributed by atoms with Crippen LogP contribution in [0.2, 0.25) is 0 Å². The molecule has 2 aromatic carbocycles. The van der Waals surface area contributed by atoms with Crippen LogP contribution in [-0.2, 0) is 17.2 Å². The molecule has 5 rings (SSSR count). The van der Waals surface area contributed by atoms with Crippen molar-refractivity contribution in [2.45, 2.75) is 19.6 Å². The second-order valence-electron chi connectivity index (χ2n) is 8.18. The standard InChI is InChI=1S/C25H24FN5OS/c1-15-21-11-18(26)5-7-20(21)25-28-8-9-31(25)14-16-4-6-19(30-33(2)3)12-22(16)17-10-23(32-15)24(27)29-13-17/h4-13,15H,14H2,1-3H3,(H2,27,29). The largest absolute Gasteiger partial charge is 0.482 e. The summed E-state index contributed by atoms with van der Waals surface area (Å²) in [5, 5.41) is 0. The van der Waals surface area contributed by atoms with Crippen LogP contribution in [-0.4, -0.2) is 27.0 Å². The van der Waals surface area contributed by atoms with Gasteiger partial charge in [-0.05, 0) is 67.0 Å². The summed E-state index contributed by atoms with van der Waals surface area (Å²) in [6.45, 7) is 2.46. The summed E-state index contributed by atoms with van der Waals surface area (Å²) in [5.74, 6) is 1.16. The number of fused-ring (bicyclic) bond motifs is 7. The van der Waals surface area contributed by atoms with E-state index in [1.807, 2.05) is 25.3 Å². The Morgan fingerprint density at radius 3 is 2.79 bits per heavy atom. The van der Waals surface area contributed by atoms with Gasteiger partial charge in [-0.25, -0.2) is 18.7 Å². The zero-order chi connectivity index (χ0) is 23.1. The number of halogens is 1. The molecule has 0 fully saturated rings. The lowest BCUT2D eigenvalue weighted by Crippen LogP contribution is -2.11. The minimum Gasteiger partial charge on any atom is -0.482 e. The second-order valence-corrected chi connectivity index (χ2v) is 9.91. The molecule has 1 aliphatic rings. The zero-order valence-electron chi connectivity index (χ0n) is 18.6. The molecule has 33 heavy (non-hydrogen) atoms. The van der Waals surface area contributed by atoms with E-state index in [0.717, 1.165) is 33.8 Å². The number of nitrogen functional groups attached to an aromatic ring is 1. The summed E-state index contributed by atoms with van der Waals surface area (Å²) >= 11 is 0. The Balaban J connectivity index is 1.77. The Morgan fingerprint density at radius 1 is 1.12 bits per heavy atom. The Morgan fingerprint density at radius 2 is 1.97 bits per heavy atom. The molecule has 2 N–H and O–H groups in total. The van der Waals surface area contributed by atoms with Crippen molar-refractivity contribution in [3.05, 3.63) is 78.0 Å². The van der Waals surface area contributed by atoms with E-state index in [9.17, 15) is 4.39 Å². The predicted octanol–water partition coefficient (Wildman–Crippen LogP) is 5.53. The summed E-state index contributed by atoms with van der Waals surface area (Å²) in [6.07, 6.45) is 9.13. The van der Waals surface area contributed by atoms with Gasteiger partial charge in [-0.2, -0.15) is 0 Å². The zero-order valence-corrected chi connectivity index (χ0v) is 19.4. The minimum absolute atomic E-state index is 0.0877. The topological polar surface area (TPSA) is 78.3 Å². The molecule has 0 saturated carbocycles. The Labute approximate surface area is 194 Å². The van der Waals surface area contributed by atoms with Crippen molar-refractivity contribution in [3.63, 3.8) is 0 Å². The first kappa shape index (κ1) is 21.3. The van der Waals surface area contributed by atoms with Crippen molar-refractivity contribution in [3.8, 4) is 28.3 Å². The molecule has 2 bridgehead atoms. The van der Waals surface area contributed by atoms with E-state index in [1.165, 1.54) is 12.1 Å². The van der Waals surface area contributed by atoms with Gasteiger partial charge in [0.05, 0.1) is 5.69 Å². The first-order valence-electron chi connectivity index (χ1n) is 10.5. The van der Waals surface area contributed by atoms with Crippen molar-refractivity contribution >= 4 is 22.2 Å². The van der Waals surface area contributed by atoms with E-state index < -0.39 is 6.10 Å². The summed E-state index contributed by atoms with van der Waals surface area (Å²) < 4.78 is 27.3. The molecule has 0 radical (unpaired) electrons. The van der Waals surface area contributed by atoms with Gasteiger partial charge in [-0.15, -0.1) is 10.7 Å². The number of nitrogens with zero attached hydrogens (tertiary/aromatic N) is 4. The molecular formula is C25H24FN5OS. The molecule has 1 unspecified atom stereocenters. The highest BCUT2D eigenvalue weighted by Crippen LogP contribution is 2.37. The van der Waals surface area contributed by atoms with Gasteiger partial charge in [0.15, 0.2) is 11.6 Å². The van der Waals surface area contributed by atoms with Gasteiger partial charge in [0.25, 0.3) is 0 Å². The Bertz CT molecular complexity index is 1390. The van der Waals surface area contributed by atoms with Crippen molar-refractivity contribution in [1.82, 2.24) is 14.5 Å². The highest BCUT2D eigenvalue weighted by molar-refractivity contribution is 7.85. The third kappa shape index (κ3) is 4.14. The third-order valence-corrected chi connectivity index (χ3v) is 6.20. The first-order chi connectivity index (χ1) is 15.9. The lowest BCUT2D eigenvalue weighted by Gasteiger charge is -2.22. The van der Waals surface area contributed by atoms with E-state index in [2.05, 4.69) is 39.2 Å². The molecule has 1 aliphatic heterocycles. The lowest BCUT2D eigenvalue weighted by molar-refractivity contribution is 0.227. The fourth-order valence-electron chi connectivity index (χ4n) is 4.13. The van der Waals surface area contributed by atoms with Gasteiger partial charge in [-0.1, -0.05) is 6.07 Å². The molecule has 0 aliphatic carbocycles. The summed E-state index contributed by atoms with van der Waals surface area (Å²) in [7, 11) is -0.0877. The summed E-state index contributed by atoms with van der Waals surface area (Å²) in [4.78, 5) is 8.99. The number of ether oxygens (including phenoxy) is 1. The van der Waals surface area contributed by atoms with Crippen molar-refractivity contribution in [1.29, 1.82) is 0 Å². The molecule has 2 aromatic heterocycles. The SMILES string of the molecule is CC1Oc2cc(cnc2N)-c2cc(N=S(C)C)ccc2Cn2ccnc2-c2ccc(F)cc21. The lowest BCUT2D eigenvalue weighted by atomic mass is 9.98. The minimum atomic E-state index is -0.470. The van der Waals surface area contributed by atoms with Crippen molar-refractivity contribution < 1.29 is 9.13 Å². The highest BCUT2D eigenvalue weighted by atomic mass is 32.2. The van der Waals surface area contributed by atoms with Crippen LogP contribution >= 0.6 is 0 Å². The maximum absolute atomic E-state index is 14.2. The fourth-order valence-corrected chi connectivity index (χ4v) is 4.66. The van der Waals surface area contributed by atoms with Crippen LogP contribution in [0.25, 0.3) is 22.5 Å². The molecular weight excluding hydrogens is 437 g/mol. The van der Waals surface area contributed by atoms with Crippen LogP contribution in [0, 0.1) is 5.82 Å². The van der Waals surface area contributed by atoms with Crippen LogP contribution in [0.3, 0.4) is 0 Å². The van der Waals surface area contributed by atoms with Gasteiger partial charge in [0, 0.05) is 41.8 Å². The molecule has 8 heteroatoms. The van der Waals surface area contributed by atoms with E-state index in [4.69, 9.17) is 14.8 Å². The fraction of sp³-hybridized carbons (Fsp3) is 0.200. The summed E-state index contributed by atoms with van der Waals surface area (Å²) in [6, 6.07) is 12.8. The number of imidazole rings is 1. The van der Waals surface area contributed by atoms with Gasteiger partial charge in [0.2, 0.25) is 0 Å². The van der Waals surface area contributed by atoms with Crippen LogP contribution in [0.1, 0.15) is 24.2 Å². The van der Waals surface area contributed by atoms with E-state index in [1.54, 1.807) is 18.5 Å². The average Bonchev–Trinajstić information content (AvgIpc) is 3.23. The maximum Gasteiger partial charge on any atom is 0.166 e. The van der Waals surface area contributed by atoms with Crippen LogP contribution < -0.4 is 10.5 Å². The molecule has 0 saturated heterocycles. The van der Waals surface area contributed by atoms with Crippen molar-refractivity contribution in [2.24, 2.45) is 4.36 Å². The quantitative estimate of drug-likeness (QED) is 0.404. The average molecular weight is 462 g/mol.